The molecule has 0 unspecified atom stereocenters. The van der Waals surface area contributed by atoms with Gasteiger partial charge in [0.05, 0.1) is 17.2 Å². The molecule has 5 rings (SSSR count). The van der Waals surface area contributed by atoms with Crippen molar-refractivity contribution in [3.8, 4) is 17.0 Å². The number of halogens is 1. The first-order chi connectivity index (χ1) is 17.9. The van der Waals surface area contributed by atoms with Crippen LogP contribution in [0.4, 0.5) is 14.9 Å². The molecule has 0 radical (unpaired) electrons. The van der Waals surface area contributed by atoms with Crippen LogP contribution in [0.1, 0.15) is 51.9 Å². The largest absolute Gasteiger partial charge is 0.413 e. The van der Waals surface area contributed by atoms with E-state index in [0.29, 0.717) is 36.4 Å². The van der Waals surface area contributed by atoms with E-state index in [-0.39, 0.29) is 29.8 Å². The summed E-state index contributed by atoms with van der Waals surface area (Å²) >= 11 is 0. The third-order valence-electron chi connectivity index (χ3n) is 8.11. The maximum Gasteiger partial charge on any atom is 0.413 e. The van der Waals surface area contributed by atoms with Gasteiger partial charge in [-0.15, -0.1) is 0 Å². The number of hydrogen-bond donors (Lipinski definition) is 2. The minimum atomic E-state index is -0.571. The maximum atomic E-state index is 15.4. The molecule has 2 aromatic rings. The molecule has 3 aliphatic rings. The van der Waals surface area contributed by atoms with Gasteiger partial charge in [0, 0.05) is 50.0 Å². The normalized spacial score (nSPS) is 26.0. The second-order valence-electron chi connectivity index (χ2n) is 10.5. The van der Waals surface area contributed by atoms with E-state index in [1.54, 1.807) is 31.3 Å². The summed E-state index contributed by atoms with van der Waals surface area (Å²) in [4.78, 5) is 33.4. The Morgan fingerprint density at radius 2 is 1.95 bits per heavy atom. The Morgan fingerprint density at radius 1 is 1.16 bits per heavy atom. The van der Waals surface area contributed by atoms with Gasteiger partial charge in [0.2, 0.25) is 11.8 Å². The number of carbonyl (C=O) groups is 2. The highest BCUT2D eigenvalue weighted by molar-refractivity contribution is 5.86. The number of amides is 2. The molecule has 9 heteroatoms. The zero-order valence-electron chi connectivity index (χ0n) is 21.3. The summed E-state index contributed by atoms with van der Waals surface area (Å²) in [6, 6.07) is 8.67. The fourth-order valence-corrected chi connectivity index (χ4v) is 6.11. The molecule has 3 fully saturated rings. The summed E-state index contributed by atoms with van der Waals surface area (Å²) in [5.41, 5.74) is 1.44. The first kappa shape index (κ1) is 25.4. The molecule has 37 heavy (non-hydrogen) atoms. The molecular weight excluding hydrogens is 475 g/mol. The fourth-order valence-electron chi connectivity index (χ4n) is 6.11. The standard InChI is InChI=1S/C28H35FN4O4/c1-2-30-27(36)37-25-11-5-20(17-31-25)19-4-10-24(23(29)16-19)32-14-3-12-28(18-32)13-15-33(26(28)35)21-6-8-22(34)9-7-21/h4-5,10-11,16-17,21-22,34H,2-3,6-9,12-15,18H2,1H3,(H,30,36)/t21-,22+,28-/m0/s1. The molecule has 0 bridgehead atoms. The van der Waals surface area contributed by atoms with Crippen molar-refractivity contribution in [1.82, 2.24) is 15.2 Å². The summed E-state index contributed by atoms with van der Waals surface area (Å²) in [5.74, 6) is 0.0440. The van der Waals surface area contributed by atoms with Crippen LogP contribution in [0, 0.1) is 11.2 Å². The topological polar surface area (TPSA) is 95.0 Å². The monoisotopic (exact) mass is 510 g/mol. The average molecular weight is 511 g/mol. The highest BCUT2D eigenvalue weighted by Crippen LogP contribution is 2.44. The third-order valence-corrected chi connectivity index (χ3v) is 8.11. The molecule has 1 saturated carbocycles. The van der Waals surface area contributed by atoms with Crippen molar-refractivity contribution < 1.29 is 23.8 Å². The van der Waals surface area contributed by atoms with Crippen molar-refractivity contribution in [1.29, 1.82) is 0 Å². The molecule has 8 nitrogen and oxygen atoms in total. The van der Waals surface area contributed by atoms with Gasteiger partial charge in [-0.3, -0.25) is 4.79 Å². The number of carbonyl (C=O) groups excluding carboxylic acids is 2. The van der Waals surface area contributed by atoms with Gasteiger partial charge in [-0.25, -0.2) is 14.2 Å². The zero-order valence-corrected chi connectivity index (χ0v) is 21.3. The molecule has 1 atom stereocenters. The van der Waals surface area contributed by atoms with Crippen molar-refractivity contribution in [2.75, 3.05) is 31.1 Å². The average Bonchev–Trinajstić information content (AvgIpc) is 3.20. The lowest BCUT2D eigenvalue weighted by atomic mass is 9.78. The number of aliphatic hydroxyl groups is 1. The van der Waals surface area contributed by atoms with E-state index < -0.39 is 11.5 Å². The van der Waals surface area contributed by atoms with Crippen LogP contribution in [0.5, 0.6) is 5.88 Å². The van der Waals surface area contributed by atoms with Gasteiger partial charge in [0.1, 0.15) is 5.82 Å². The van der Waals surface area contributed by atoms with Gasteiger partial charge < -0.3 is 25.0 Å². The Labute approximate surface area is 216 Å². The minimum Gasteiger partial charge on any atom is -0.393 e. The SMILES string of the molecule is CCNC(=O)Oc1ccc(-c2ccc(N3CCC[C@]4(CCN([C@H]5CC[C@@H](O)CC5)C4=O)C3)c(F)c2)cn1. The Kier molecular flexibility index (Phi) is 7.33. The van der Waals surface area contributed by atoms with Crippen molar-refractivity contribution in [3.05, 3.63) is 42.3 Å². The van der Waals surface area contributed by atoms with E-state index >= 15 is 4.39 Å². The number of hydrogen-bond acceptors (Lipinski definition) is 6. The highest BCUT2D eigenvalue weighted by atomic mass is 19.1. The van der Waals surface area contributed by atoms with Crippen LogP contribution in [0.2, 0.25) is 0 Å². The van der Waals surface area contributed by atoms with E-state index in [9.17, 15) is 14.7 Å². The molecule has 2 saturated heterocycles. The summed E-state index contributed by atoms with van der Waals surface area (Å²) in [6.07, 6.45) is 6.45. The Morgan fingerprint density at radius 3 is 2.65 bits per heavy atom. The van der Waals surface area contributed by atoms with Crippen LogP contribution < -0.4 is 15.0 Å². The number of likely N-dealkylation sites (tertiary alicyclic amines) is 1. The van der Waals surface area contributed by atoms with Crippen LogP contribution in [-0.4, -0.2) is 65.3 Å². The molecule has 1 aliphatic carbocycles. The van der Waals surface area contributed by atoms with E-state index in [2.05, 4.69) is 10.3 Å². The number of aromatic nitrogens is 1. The molecule has 2 N–H and O–H groups in total. The number of anilines is 1. The maximum absolute atomic E-state index is 15.4. The molecule has 2 aliphatic heterocycles. The number of aliphatic hydroxyl groups excluding tert-OH is 1. The second kappa shape index (κ2) is 10.7. The molecular formula is C28H35FN4O4. The van der Waals surface area contributed by atoms with E-state index in [1.807, 2.05) is 15.9 Å². The highest BCUT2D eigenvalue weighted by Gasteiger charge is 2.50. The first-order valence-corrected chi connectivity index (χ1v) is 13.3. The molecule has 2 amide bonds. The minimum absolute atomic E-state index is 0.171. The summed E-state index contributed by atoms with van der Waals surface area (Å²) in [6.45, 7) is 4.25. The lowest BCUT2D eigenvalue weighted by Gasteiger charge is -2.41. The molecule has 3 heterocycles. The molecule has 1 aromatic heterocycles. The van der Waals surface area contributed by atoms with E-state index in [1.165, 1.54) is 6.07 Å². The van der Waals surface area contributed by atoms with Gasteiger partial charge >= 0.3 is 6.09 Å². The van der Waals surface area contributed by atoms with Gasteiger partial charge in [-0.05, 0) is 75.6 Å². The van der Waals surface area contributed by atoms with Crippen LogP contribution in [-0.2, 0) is 4.79 Å². The van der Waals surface area contributed by atoms with E-state index in [4.69, 9.17) is 4.74 Å². The van der Waals surface area contributed by atoms with Gasteiger partial charge in [-0.1, -0.05) is 6.07 Å². The third kappa shape index (κ3) is 5.28. The first-order valence-electron chi connectivity index (χ1n) is 13.3. The van der Waals surface area contributed by atoms with Crippen molar-refractivity contribution >= 4 is 17.7 Å². The number of rotatable bonds is 5. The number of pyridine rings is 1. The van der Waals surface area contributed by atoms with Crippen molar-refractivity contribution in [2.45, 2.75) is 64.0 Å². The zero-order chi connectivity index (χ0) is 26.0. The van der Waals surface area contributed by atoms with Crippen molar-refractivity contribution in [3.63, 3.8) is 0 Å². The second-order valence-corrected chi connectivity index (χ2v) is 10.5. The lowest BCUT2D eigenvalue weighted by Crippen LogP contribution is -2.50. The summed E-state index contributed by atoms with van der Waals surface area (Å²) in [7, 11) is 0. The lowest BCUT2D eigenvalue weighted by molar-refractivity contribution is -0.139. The van der Waals surface area contributed by atoms with Crippen LogP contribution in [0.3, 0.4) is 0 Å². The number of ether oxygens (including phenoxy) is 1. The quantitative estimate of drug-likeness (QED) is 0.629. The number of nitrogens with zero attached hydrogens (tertiary/aromatic N) is 3. The summed E-state index contributed by atoms with van der Waals surface area (Å²) in [5, 5.41) is 12.4. The van der Waals surface area contributed by atoms with Crippen LogP contribution in [0.15, 0.2) is 36.5 Å². The number of nitrogens with one attached hydrogen (secondary N) is 1. The Balaban J connectivity index is 1.27. The Hall–Kier alpha value is -3.20. The van der Waals surface area contributed by atoms with E-state index in [0.717, 1.165) is 51.5 Å². The predicted octanol–water partition coefficient (Wildman–Crippen LogP) is 4.12. The number of piperidine rings is 1. The van der Waals surface area contributed by atoms with Gasteiger partial charge in [-0.2, -0.15) is 0 Å². The molecule has 1 aromatic carbocycles. The van der Waals surface area contributed by atoms with Crippen molar-refractivity contribution in [2.24, 2.45) is 5.41 Å². The number of benzene rings is 1. The molecule has 198 valence electrons. The molecule has 1 spiro atoms. The predicted molar refractivity (Wildman–Crippen MR) is 138 cm³/mol. The smallest absolute Gasteiger partial charge is 0.393 e. The summed E-state index contributed by atoms with van der Waals surface area (Å²) < 4.78 is 20.5. The van der Waals surface area contributed by atoms with Crippen LogP contribution in [0.25, 0.3) is 11.1 Å². The fraction of sp³-hybridized carbons (Fsp3) is 0.536. The Bertz CT molecular complexity index is 1140. The van der Waals surface area contributed by atoms with Gasteiger partial charge in [0.25, 0.3) is 0 Å². The van der Waals surface area contributed by atoms with Crippen LogP contribution >= 0.6 is 0 Å². The van der Waals surface area contributed by atoms with Gasteiger partial charge in [0.15, 0.2) is 0 Å².